The van der Waals surface area contributed by atoms with Crippen LogP contribution in [0.5, 0.6) is 0 Å². The Balaban J connectivity index is 2.08. The standard InChI is InChI=1S/C14H17BrN2O2S2/c1-2-16-10-13-14(7-8-20-13)21(18,19)17-9-11-3-5-12(15)6-4-11/h3-8,16-17H,2,9-10H2,1H3. The van der Waals surface area contributed by atoms with Crippen molar-refractivity contribution in [3.05, 3.63) is 50.6 Å². The van der Waals surface area contributed by atoms with E-state index in [2.05, 4.69) is 26.0 Å². The summed E-state index contributed by atoms with van der Waals surface area (Å²) < 4.78 is 28.4. The van der Waals surface area contributed by atoms with Crippen LogP contribution in [0.15, 0.2) is 45.1 Å². The summed E-state index contributed by atoms with van der Waals surface area (Å²) in [6, 6.07) is 9.22. The fraction of sp³-hybridized carbons (Fsp3) is 0.286. The molecule has 1 aromatic carbocycles. The van der Waals surface area contributed by atoms with Gasteiger partial charge >= 0.3 is 0 Å². The first-order chi connectivity index (χ1) is 10.0. The smallest absolute Gasteiger partial charge is 0.242 e. The van der Waals surface area contributed by atoms with Crippen molar-refractivity contribution in [2.45, 2.75) is 24.9 Å². The maximum Gasteiger partial charge on any atom is 0.242 e. The van der Waals surface area contributed by atoms with E-state index in [9.17, 15) is 8.42 Å². The highest BCUT2D eigenvalue weighted by atomic mass is 79.9. The minimum absolute atomic E-state index is 0.284. The quantitative estimate of drug-likeness (QED) is 0.765. The number of hydrogen-bond acceptors (Lipinski definition) is 4. The van der Waals surface area contributed by atoms with Crippen LogP contribution in [0.25, 0.3) is 0 Å². The van der Waals surface area contributed by atoms with E-state index in [1.165, 1.54) is 11.3 Å². The molecule has 2 N–H and O–H groups in total. The summed E-state index contributed by atoms with van der Waals surface area (Å²) in [7, 11) is -3.48. The van der Waals surface area contributed by atoms with Gasteiger partial charge in [-0.15, -0.1) is 11.3 Å². The fourth-order valence-electron chi connectivity index (χ4n) is 1.79. The van der Waals surface area contributed by atoms with Crippen molar-refractivity contribution >= 4 is 37.3 Å². The molecule has 0 bridgehead atoms. The van der Waals surface area contributed by atoms with E-state index in [4.69, 9.17) is 0 Å². The van der Waals surface area contributed by atoms with Crippen LogP contribution in [-0.2, 0) is 23.1 Å². The van der Waals surface area contributed by atoms with Crippen molar-refractivity contribution in [2.75, 3.05) is 6.54 Å². The Hall–Kier alpha value is -0.730. The molecule has 1 heterocycles. The van der Waals surface area contributed by atoms with Gasteiger partial charge in [0.15, 0.2) is 0 Å². The van der Waals surface area contributed by atoms with Crippen molar-refractivity contribution in [3.63, 3.8) is 0 Å². The lowest BCUT2D eigenvalue weighted by Crippen LogP contribution is -2.24. The molecule has 0 saturated heterocycles. The molecule has 0 aliphatic rings. The van der Waals surface area contributed by atoms with Crippen molar-refractivity contribution in [1.82, 2.24) is 10.0 Å². The Kier molecular flexibility index (Phi) is 5.95. The third-order valence-corrected chi connectivity index (χ3v) is 5.97. The van der Waals surface area contributed by atoms with Crippen LogP contribution < -0.4 is 10.0 Å². The number of thiophene rings is 1. The van der Waals surface area contributed by atoms with Gasteiger partial charge in [0.2, 0.25) is 10.0 Å². The molecule has 0 fully saturated rings. The highest BCUT2D eigenvalue weighted by Gasteiger charge is 2.19. The molecule has 0 unspecified atom stereocenters. The summed E-state index contributed by atoms with van der Waals surface area (Å²) in [6.07, 6.45) is 0. The number of nitrogens with one attached hydrogen (secondary N) is 2. The van der Waals surface area contributed by atoms with E-state index in [0.717, 1.165) is 21.5 Å². The van der Waals surface area contributed by atoms with E-state index >= 15 is 0 Å². The lowest BCUT2D eigenvalue weighted by molar-refractivity contribution is 0.579. The van der Waals surface area contributed by atoms with Gasteiger partial charge in [-0.05, 0) is 35.7 Å². The fourth-order valence-corrected chi connectivity index (χ4v) is 4.49. The Morgan fingerprint density at radius 2 is 1.86 bits per heavy atom. The molecular formula is C14H17BrN2O2S2. The molecule has 2 rings (SSSR count). The predicted molar refractivity (Wildman–Crippen MR) is 89.9 cm³/mol. The first-order valence-corrected chi connectivity index (χ1v) is 9.69. The molecule has 0 saturated carbocycles. The Morgan fingerprint density at radius 1 is 1.14 bits per heavy atom. The number of sulfonamides is 1. The van der Waals surface area contributed by atoms with Gasteiger partial charge in [0.25, 0.3) is 0 Å². The molecule has 0 radical (unpaired) electrons. The van der Waals surface area contributed by atoms with Crippen LogP contribution in [0, 0.1) is 0 Å². The first kappa shape index (κ1) is 16.6. The highest BCUT2D eigenvalue weighted by Crippen LogP contribution is 2.22. The zero-order chi connectivity index (χ0) is 15.3. The zero-order valence-electron chi connectivity index (χ0n) is 11.6. The molecule has 21 heavy (non-hydrogen) atoms. The van der Waals surface area contributed by atoms with Crippen LogP contribution in [-0.4, -0.2) is 15.0 Å². The second-order valence-corrected chi connectivity index (χ2v) is 8.09. The van der Waals surface area contributed by atoms with Crippen LogP contribution in [0.3, 0.4) is 0 Å². The molecule has 0 spiro atoms. The van der Waals surface area contributed by atoms with E-state index in [-0.39, 0.29) is 6.54 Å². The summed E-state index contributed by atoms with van der Waals surface area (Å²) >= 11 is 4.81. The Morgan fingerprint density at radius 3 is 2.52 bits per heavy atom. The molecule has 0 aliphatic carbocycles. The SMILES string of the molecule is CCNCc1sccc1S(=O)(=O)NCc1ccc(Br)cc1. The first-order valence-electron chi connectivity index (χ1n) is 6.54. The molecule has 0 atom stereocenters. The predicted octanol–water partition coefficient (Wildman–Crippen LogP) is 3.10. The molecule has 2 aromatic rings. The van der Waals surface area contributed by atoms with E-state index in [1.807, 2.05) is 31.2 Å². The minimum atomic E-state index is -3.48. The number of halogens is 1. The number of hydrogen-bond donors (Lipinski definition) is 2. The maximum absolute atomic E-state index is 12.4. The summed E-state index contributed by atoms with van der Waals surface area (Å²) in [6.45, 7) is 3.66. The normalized spacial score (nSPS) is 11.7. The minimum Gasteiger partial charge on any atom is -0.312 e. The average molecular weight is 389 g/mol. The van der Waals surface area contributed by atoms with E-state index in [1.54, 1.807) is 11.4 Å². The summed E-state index contributed by atoms with van der Waals surface area (Å²) in [5.74, 6) is 0. The molecule has 4 nitrogen and oxygen atoms in total. The molecule has 7 heteroatoms. The third-order valence-electron chi connectivity index (χ3n) is 2.91. The van der Waals surface area contributed by atoms with Gasteiger partial charge in [-0.3, -0.25) is 0 Å². The van der Waals surface area contributed by atoms with Crippen molar-refractivity contribution in [2.24, 2.45) is 0 Å². The van der Waals surface area contributed by atoms with Crippen molar-refractivity contribution < 1.29 is 8.42 Å². The second-order valence-electron chi connectivity index (χ2n) is 4.44. The second kappa shape index (κ2) is 7.51. The summed E-state index contributed by atoms with van der Waals surface area (Å²) in [5.41, 5.74) is 0.922. The van der Waals surface area contributed by atoms with Gasteiger partial charge in [-0.1, -0.05) is 35.0 Å². The van der Waals surface area contributed by atoms with Crippen LogP contribution in [0.2, 0.25) is 0 Å². The topological polar surface area (TPSA) is 58.2 Å². The number of benzene rings is 1. The zero-order valence-corrected chi connectivity index (χ0v) is 14.8. The van der Waals surface area contributed by atoms with Gasteiger partial charge in [-0.25, -0.2) is 13.1 Å². The summed E-state index contributed by atoms with van der Waals surface area (Å²) in [5, 5.41) is 4.96. The third kappa shape index (κ3) is 4.62. The van der Waals surface area contributed by atoms with Gasteiger partial charge in [0, 0.05) is 22.4 Å². The van der Waals surface area contributed by atoms with Crippen LogP contribution in [0.4, 0.5) is 0 Å². The maximum atomic E-state index is 12.4. The van der Waals surface area contributed by atoms with Crippen LogP contribution >= 0.6 is 27.3 Å². The lowest BCUT2D eigenvalue weighted by Gasteiger charge is -2.08. The Labute approximate surface area is 137 Å². The average Bonchev–Trinajstić information content (AvgIpc) is 2.94. The van der Waals surface area contributed by atoms with Gasteiger partial charge in [0.05, 0.1) is 4.90 Å². The van der Waals surface area contributed by atoms with Crippen LogP contribution in [0.1, 0.15) is 17.4 Å². The van der Waals surface area contributed by atoms with Gasteiger partial charge < -0.3 is 5.32 Å². The van der Waals surface area contributed by atoms with Gasteiger partial charge in [0.1, 0.15) is 0 Å². The molecule has 1 aromatic heterocycles. The molecule has 0 aliphatic heterocycles. The van der Waals surface area contributed by atoms with E-state index in [0.29, 0.717) is 11.4 Å². The summed E-state index contributed by atoms with van der Waals surface area (Å²) in [4.78, 5) is 1.20. The highest BCUT2D eigenvalue weighted by molar-refractivity contribution is 9.10. The Bertz CT molecular complexity index is 681. The van der Waals surface area contributed by atoms with Crippen molar-refractivity contribution in [1.29, 1.82) is 0 Å². The largest absolute Gasteiger partial charge is 0.312 e. The monoisotopic (exact) mass is 388 g/mol. The molecular weight excluding hydrogens is 372 g/mol. The molecule has 0 amide bonds. The van der Waals surface area contributed by atoms with Gasteiger partial charge in [-0.2, -0.15) is 0 Å². The molecule has 114 valence electrons. The lowest BCUT2D eigenvalue weighted by atomic mass is 10.2. The van der Waals surface area contributed by atoms with E-state index < -0.39 is 10.0 Å². The van der Waals surface area contributed by atoms with Crippen molar-refractivity contribution in [3.8, 4) is 0 Å². The number of rotatable bonds is 7.